The minimum Gasteiger partial charge on any atom is -0.507 e. The first-order valence-electron chi connectivity index (χ1n) is 12.4. The van der Waals surface area contributed by atoms with E-state index in [4.69, 9.17) is 0 Å². The quantitative estimate of drug-likeness (QED) is 0.349. The predicted octanol–water partition coefficient (Wildman–Crippen LogP) is 7.44. The Hall–Kier alpha value is -3.55. The summed E-state index contributed by atoms with van der Waals surface area (Å²) in [7, 11) is -4.44. The third kappa shape index (κ3) is 6.42. The lowest BCUT2D eigenvalue weighted by Crippen LogP contribution is -2.06. The minimum atomic E-state index is -4.44. The monoisotopic (exact) mass is 520 g/mol. The lowest BCUT2D eigenvalue weighted by atomic mass is 9.91. The molecule has 0 spiro atoms. The molecule has 0 unspecified atom stereocenters. The molecule has 0 amide bonds. The molecular weight excluding hydrogens is 484 g/mol. The van der Waals surface area contributed by atoms with Crippen molar-refractivity contribution in [3.63, 3.8) is 0 Å². The summed E-state index contributed by atoms with van der Waals surface area (Å²) in [6, 6.07) is 10.2. The number of phenolic OH excluding ortho intramolecular Hbond substituents is 2. The Morgan fingerprint density at radius 3 is 1.08 bits per heavy atom. The van der Waals surface area contributed by atoms with Crippen LogP contribution in [0.4, 0.5) is 0 Å². The molecule has 0 aliphatic rings. The third-order valence-electron chi connectivity index (χ3n) is 6.27. The van der Waals surface area contributed by atoms with Crippen LogP contribution in [-0.4, -0.2) is 18.6 Å². The maximum Gasteiger partial charge on any atom is 0.226 e. The highest BCUT2D eigenvalue weighted by Crippen LogP contribution is 2.37. The van der Waals surface area contributed by atoms with Crippen molar-refractivity contribution in [1.29, 1.82) is 10.5 Å². The molecule has 0 fully saturated rings. The van der Waals surface area contributed by atoms with Crippen molar-refractivity contribution in [2.45, 2.75) is 79.1 Å². The van der Waals surface area contributed by atoms with E-state index in [1.54, 1.807) is 36.4 Å². The fourth-order valence-electron chi connectivity index (χ4n) is 4.10. The number of sulfone groups is 1. The van der Waals surface area contributed by atoms with Crippen LogP contribution in [0.1, 0.15) is 112 Å². The molecule has 2 aromatic rings. The van der Waals surface area contributed by atoms with Gasteiger partial charge in [-0.25, -0.2) is 8.42 Å². The normalized spacial score (nSPS) is 12.9. The van der Waals surface area contributed by atoms with Crippen molar-refractivity contribution in [3.8, 4) is 23.6 Å². The molecule has 0 saturated carbocycles. The van der Waals surface area contributed by atoms with E-state index in [0.29, 0.717) is 33.4 Å². The summed E-state index contributed by atoms with van der Waals surface area (Å²) in [6.45, 7) is 15.3. The van der Waals surface area contributed by atoms with E-state index in [1.807, 2.05) is 55.4 Å². The first-order valence-corrected chi connectivity index (χ1v) is 13.9. The number of phenols is 2. The first-order chi connectivity index (χ1) is 17.1. The molecule has 0 radical (unpaired) electrons. The summed E-state index contributed by atoms with van der Waals surface area (Å²) in [6.07, 6.45) is 2.49. The zero-order valence-electron chi connectivity index (χ0n) is 22.8. The Morgan fingerprint density at radius 1 is 0.649 bits per heavy atom. The van der Waals surface area contributed by atoms with Crippen LogP contribution < -0.4 is 0 Å². The molecular formula is C30H36N2O4S. The Balaban J connectivity index is 2.74. The molecule has 2 rings (SSSR count). The van der Waals surface area contributed by atoms with Crippen LogP contribution in [0, 0.1) is 22.7 Å². The SMILES string of the molecule is CC(C)c1cc(/C=C(\C#N)S(=O)(=O)/C(C#N)=C/c2cc(C(C)C)c(O)c(C(C)C)c2)cc(C(C)C)c1O. The van der Waals surface area contributed by atoms with Crippen molar-refractivity contribution in [2.75, 3.05) is 0 Å². The van der Waals surface area contributed by atoms with Gasteiger partial charge in [0.1, 0.15) is 23.6 Å². The highest BCUT2D eigenvalue weighted by atomic mass is 32.2. The van der Waals surface area contributed by atoms with Crippen LogP contribution in [0.15, 0.2) is 34.1 Å². The molecule has 37 heavy (non-hydrogen) atoms. The van der Waals surface area contributed by atoms with Crippen molar-refractivity contribution >= 4 is 22.0 Å². The van der Waals surface area contributed by atoms with Crippen molar-refractivity contribution < 1.29 is 18.6 Å². The summed E-state index contributed by atoms with van der Waals surface area (Å²) in [5.41, 5.74) is 3.50. The van der Waals surface area contributed by atoms with Gasteiger partial charge in [-0.15, -0.1) is 0 Å². The van der Waals surface area contributed by atoms with Crippen LogP contribution >= 0.6 is 0 Å². The van der Waals surface area contributed by atoms with E-state index in [2.05, 4.69) is 0 Å². The van der Waals surface area contributed by atoms with Crippen LogP contribution in [0.5, 0.6) is 11.5 Å². The molecule has 6 nitrogen and oxygen atoms in total. The topological polar surface area (TPSA) is 122 Å². The van der Waals surface area contributed by atoms with Crippen molar-refractivity contribution in [1.82, 2.24) is 0 Å². The average Bonchev–Trinajstić information content (AvgIpc) is 2.81. The second-order valence-corrected chi connectivity index (χ2v) is 12.3. The van der Waals surface area contributed by atoms with Crippen molar-refractivity contribution in [2.24, 2.45) is 0 Å². The third-order valence-corrected chi connectivity index (χ3v) is 7.84. The van der Waals surface area contributed by atoms with Gasteiger partial charge in [0.15, 0.2) is 9.81 Å². The molecule has 0 heterocycles. The number of allylic oxidation sites excluding steroid dienone is 2. The Labute approximate surface area is 221 Å². The molecule has 7 heteroatoms. The molecule has 2 N–H and O–H groups in total. The van der Waals surface area contributed by atoms with E-state index in [9.17, 15) is 29.2 Å². The number of aromatic hydroxyl groups is 2. The van der Waals surface area contributed by atoms with Gasteiger partial charge in [0, 0.05) is 0 Å². The number of rotatable bonds is 8. The number of nitriles is 2. The molecule has 0 aliphatic carbocycles. The van der Waals surface area contributed by atoms with E-state index in [0.717, 1.165) is 0 Å². The van der Waals surface area contributed by atoms with Gasteiger partial charge in [-0.2, -0.15) is 10.5 Å². The highest BCUT2D eigenvalue weighted by Gasteiger charge is 2.25. The van der Waals surface area contributed by atoms with Crippen LogP contribution in [0.25, 0.3) is 12.2 Å². The summed E-state index contributed by atoms with van der Waals surface area (Å²) in [5.74, 6) is 0.222. The summed E-state index contributed by atoms with van der Waals surface area (Å²) >= 11 is 0. The molecule has 0 aliphatic heterocycles. The lowest BCUT2D eigenvalue weighted by Gasteiger charge is -2.17. The maximum atomic E-state index is 13.4. The van der Waals surface area contributed by atoms with Gasteiger partial charge >= 0.3 is 0 Å². The van der Waals surface area contributed by atoms with Gasteiger partial charge in [0.05, 0.1) is 0 Å². The predicted molar refractivity (Wildman–Crippen MR) is 149 cm³/mol. The lowest BCUT2D eigenvalue weighted by molar-refractivity contribution is 0.454. The Morgan fingerprint density at radius 2 is 0.892 bits per heavy atom. The molecule has 0 bridgehead atoms. The second-order valence-electron chi connectivity index (χ2n) is 10.5. The van der Waals surface area contributed by atoms with E-state index >= 15 is 0 Å². The van der Waals surface area contributed by atoms with Crippen molar-refractivity contribution in [3.05, 3.63) is 67.5 Å². The molecule has 196 valence electrons. The summed E-state index contributed by atoms with van der Waals surface area (Å²) < 4.78 is 26.9. The smallest absolute Gasteiger partial charge is 0.226 e. The number of nitrogens with zero attached hydrogens (tertiary/aromatic N) is 2. The molecule has 0 saturated heterocycles. The zero-order valence-corrected chi connectivity index (χ0v) is 23.6. The fourth-order valence-corrected chi connectivity index (χ4v) is 5.16. The van der Waals surface area contributed by atoms with Gasteiger partial charge < -0.3 is 10.2 Å². The van der Waals surface area contributed by atoms with Gasteiger partial charge in [0.25, 0.3) is 0 Å². The van der Waals surface area contributed by atoms with Gasteiger partial charge in [-0.1, -0.05) is 55.4 Å². The Kier molecular flexibility index (Phi) is 9.36. The first kappa shape index (κ1) is 29.7. The van der Waals surface area contributed by atoms with Gasteiger partial charge in [-0.3, -0.25) is 0 Å². The number of benzene rings is 2. The summed E-state index contributed by atoms with van der Waals surface area (Å²) in [5, 5.41) is 40.9. The van der Waals surface area contributed by atoms with Crippen LogP contribution in [0.2, 0.25) is 0 Å². The van der Waals surface area contributed by atoms with E-state index in [1.165, 1.54) is 12.2 Å². The zero-order chi connectivity index (χ0) is 28.2. The second kappa shape index (κ2) is 11.7. The average molecular weight is 521 g/mol. The standard InChI is InChI=1S/C30H36N2O4S/c1-17(2)25-11-21(12-26(18(3)4)29(25)33)9-23(15-31)37(35,36)24(16-32)10-22-13-27(19(5)6)30(34)28(14-22)20(7)8/h9-14,17-20,33-34H,1-8H3/b23-9+,24-10+. The highest BCUT2D eigenvalue weighted by molar-refractivity contribution is 7.99. The molecule has 0 atom stereocenters. The maximum absolute atomic E-state index is 13.4. The largest absolute Gasteiger partial charge is 0.507 e. The number of hydrogen-bond donors (Lipinski definition) is 2. The summed E-state index contributed by atoms with van der Waals surface area (Å²) in [4.78, 5) is -1.13. The van der Waals surface area contributed by atoms with E-state index in [-0.39, 0.29) is 35.2 Å². The van der Waals surface area contributed by atoms with Crippen LogP contribution in [-0.2, 0) is 9.84 Å². The molecule has 0 aromatic heterocycles. The number of hydrogen-bond acceptors (Lipinski definition) is 6. The molecule has 2 aromatic carbocycles. The fraction of sp³-hybridized carbons (Fsp3) is 0.400. The van der Waals surface area contributed by atoms with Gasteiger partial charge in [-0.05, 0) is 93.5 Å². The van der Waals surface area contributed by atoms with Gasteiger partial charge in [0.2, 0.25) is 9.84 Å². The Bertz CT molecular complexity index is 1270. The minimum absolute atomic E-state index is 0.0256. The van der Waals surface area contributed by atoms with Crippen LogP contribution in [0.3, 0.4) is 0 Å². The van der Waals surface area contributed by atoms with E-state index < -0.39 is 19.6 Å².